The van der Waals surface area contributed by atoms with Gasteiger partial charge in [-0.2, -0.15) is 0 Å². The average Bonchev–Trinajstić information content (AvgIpc) is 3.43. The maximum atomic E-state index is 12.9. The quantitative estimate of drug-likeness (QED) is 0.432. The molecule has 0 radical (unpaired) electrons. The van der Waals surface area contributed by atoms with Crippen molar-refractivity contribution in [3.63, 3.8) is 0 Å². The largest absolute Gasteiger partial charge is 0.486 e. The maximum Gasteiger partial charge on any atom is 0.375 e. The van der Waals surface area contributed by atoms with E-state index in [4.69, 9.17) is 13.9 Å². The number of carbonyl (C=O) groups is 2. The van der Waals surface area contributed by atoms with E-state index in [9.17, 15) is 14.0 Å². The average molecular weight is 425 g/mol. The molecule has 0 aliphatic heterocycles. The highest BCUT2D eigenvalue weighted by molar-refractivity contribution is 6.00. The van der Waals surface area contributed by atoms with Crippen molar-refractivity contribution >= 4 is 28.9 Å². The van der Waals surface area contributed by atoms with Crippen molar-refractivity contribution in [2.75, 3.05) is 5.32 Å². The molecule has 0 saturated carbocycles. The zero-order chi connectivity index (χ0) is 21.8. The maximum absolute atomic E-state index is 12.9. The van der Waals surface area contributed by atoms with Gasteiger partial charge >= 0.3 is 5.97 Å². The minimum absolute atomic E-state index is 0.0306. The van der Waals surface area contributed by atoms with Gasteiger partial charge in [-0.05, 0) is 43.3 Å². The number of aromatic nitrogens is 4. The number of H-pyrrole nitrogens is 1. The fourth-order valence-electron chi connectivity index (χ4n) is 2.60. The summed E-state index contributed by atoms with van der Waals surface area (Å²) in [4.78, 5) is 39.4. The van der Waals surface area contributed by atoms with Gasteiger partial charge in [-0.15, -0.1) is 0 Å². The third-order valence-corrected chi connectivity index (χ3v) is 4.18. The number of esters is 1. The van der Waals surface area contributed by atoms with E-state index in [1.54, 1.807) is 6.07 Å². The van der Waals surface area contributed by atoms with Crippen LogP contribution in [-0.4, -0.2) is 37.9 Å². The van der Waals surface area contributed by atoms with E-state index in [1.165, 1.54) is 49.9 Å². The number of aromatic amines is 1. The lowest BCUT2D eigenvalue weighted by atomic mass is 10.3. The van der Waals surface area contributed by atoms with Crippen LogP contribution in [0.4, 0.5) is 10.2 Å². The van der Waals surface area contributed by atoms with Gasteiger partial charge in [0.25, 0.3) is 5.91 Å². The van der Waals surface area contributed by atoms with E-state index < -0.39 is 18.0 Å². The Morgan fingerprint density at radius 1 is 1.16 bits per heavy atom. The summed E-state index contributed by atoms with van der Waals surface area (Å²) in [5.74, 6) is -0.843. The highest BCUT2D eigenvalue weighted by atomic mass is 19.1. The first-order valence-electron chi connectivity index (χ1n) is 9.12. The number of anilines is 1. The van der Waals surface area contributed by atoms with Crippen LogP contribution in [0.5, 0.6) is 5.75 Å². The summed E-state index contributed by atoms with van der Waals surface area (Å²) < 4.78 is 28.9. The highest BCUT2D eigenvalue weighted by Crippen LogP contribution is 2.17. The van der Waals surface area contributed by atoms with Gasteiger partial charge in [-0.25, -0.2) is 24.1 Å². The number of fused-ring (bicyclic) bond motifs is 1. The van der Waals surface area contributed by atoms with Gasteiger partial charge in [0.15, 0.2) is 17.6 Å². The fourth-order valence-corrected chi connectivity index (χ4v) is 2.60. The Balaban J connectivity index is 1.33. The Hall–Kier alpha value is -4.28. The van der Waals surface area contributed by atoms with E-state index in [0.717, 1.165) is 0 Å². The number of imidazole rings is 1. The molecule has 0 aliphatic rings. The monoisotopic (exact) mass is 425 g/mol. The minimum Gasteiger partial charge on any atom is -0.486 e. The number of benzene rings is 1. The Bertz CT molecular complexity index is 1220. The molecule has 0 saturated heterocycles. The van der Waals surface area contributed by atoms with Gasteiger partial charge in [0, 0.05) is 0 Å². The predicted molar refractivity (Wildman–Crippen MR) is 105 cm³/mol. The molecule has 3 heterocycles. The third-order valence-electron chi connectivity index (χ3n) is 4.18. The van der Waals surface area contributed by atoms with Crippen molar-refractivity contribution in [1.29, 1.82) is 0 Å². The van der Waals surface area contributed by atoms with E-state index in [1.807, 2.05) is 0 Å². The molecule has 0 fully saturated rings. The summed E-state index contributed by atoms with van der Waals surface area (Å²) in [6, 6.07) is 8.44. The first kappa shape index (κ1) is 20.0. The predicted octanol–water partition coefficient (Wildman–Crippen LogP) is 2.85. The summed E-state index contributed by atoms with van der Waals surface area (Å²) in [5.41, 5.74) is 0.840. The highest BCUT2D eigenvalue weighted by Gasteiger charge is 2.22. The van der Waals surface area contributed by atoms with Crippen molar-refractivity contribution in [2.45, 2.75) is 19.6 Å². The molecular formula is C20H16FN5O5. The molecule has 4 rings (SSSR count). The Morgan fingerprint density at radius 2 is 1.97 bits per heavy atom. The molecule has 31 heavy (non-hydrogen) atoms. The number of hydrogen-bond donors (Lipinski definition) is 2. The van der Waals surface area contributed by atoms with E-state index in [2.05, 4.69) is 25.3 Å². The molecular weight excluding hydrogens is 409 g/mol. The van der Waals surface area contributed by atoms with Crippen LogP contribution < -0.4 is 10.1 Å². The molecule has 0 bridgehead atoms. The molecule has 11 heteroatoms. The summed E-state index contributed by atoms with van der Waals surface area (Å²) >= 11 is 0. The summed E-state index contributed by atoms with van der Waals surface area (Å²) in [6.07, 6.45) is 1.56. The number of nitrogens with one attached hydrogen (secondary N) is 2. The molecule has 1 aromatic carbocycles. The number of furan rings is 1. The molecule has 2 N–H and O–H groups in total. The van der Waals surface area contributed by atoms with E-state index >= 15 is 0 Å². The van der Waals surface area contributed by atoms with Gasteiger partial charge in [0.05, 0.1) is 6.33 Å². The van der Waals surface area contributed by atoms with Crippen LogP contribution in [0.2, 0.25) is 0 Å². The Morgan fingerprint density at radius 3 is 2.77 bits per heavy atom. The van der Waals surface area contributed by atoms with Gasteiger partial charge in [-0.3, -0.25) is 4.79 Å². The van der Waals surface area contributed by atoms with Crippen LogP contribution in [0.3, 0.4) is 0 Å². The molecule has 4 aromatic rings. The lowest BCUT2D eigenvalue weighted by Crippen LogP contribution is -2.30. The Labute approximate surface area is 174 Å². The second-order valence-electron chi connectivity index (χ2n) is 6.37. The lowest BCUT2D eigenvalue weighted by molar-refractivity contribution is -0.123. The molecule has 1 amide bonds. The third kappa shape index (κ3) is 4.66. The molecule has 1 atom stereocenters. The number of hydrogen-bond acceptors (Lipinski definition) is 8. The van der Waals surface area contributed by atoms with Gasteiger partial charge < -0.3 is 24.2 Å². The SMILES string of the molecule is CC(OC(=O)c1ccc(COc2ccc(F)cc2)o1)C(=O)Nc1ncnc2nc[nH]c12. The number of nitrogens with zero attached hydrogens (tertiary/aromatic N) is 3. The zero-order valence-corrected chi connectivity index (χ0v) is 16.2. The van der Waals surface area contributed by atoms with Crippen molar-refractivity contribution < 1.29 is 27.9 Å². The number of halogens is 1. The van der Waals surface area contributed by atoms with Crippen LogP contribution in [0.25, 0.3) is 11.2 Å². The molecule has 10 nitrogen and oxygen atoms in total. The number of amides is 1. The Kier molecular flexibility index (Phi) is 5.56. The van der Waals surface area contributed by atoms with Crippen molar-refractivity contribution in [1.82, 2.24) is 19.9 Å². The van der Waals surface area contributed by atoms with E-state index in [-0.39, 0.29) is 24.0 Å². The number of ether oxygens (including phenoxy) is 2. The summed E-state index contributed by atoms with van der Waals surface area (Å²) in [5, 5.41) is 2.56. The van der Waals surface area contributed by atoms with Crippen LogP contribution in [-0.2, 0) is 16.1 Å². The van der Waals surface area contributed by atoms with Crippen LogP contribution in [0.1, 0.15) is 23.2 Å². The second kappa shape index (κ2) is 8.61. The standard InChI is InChI=1S/C20H16FN5O5/c1-11(19(27)26-18-16-17(23-9-22-16)24-10-25-18)30-20(28)15-7-6-14(31-15)8-29-13-4-2-12(21)3-5-13/h2-7,9-11H,8H2,1H3,(H2,22,23,24,25,26,27). The molecule has 158 valence electrons. The summed E-state index contributed by atoms with van der Waals surface area (Å²) in [6.45, 7) is 1.45. The molecule has 1 unspecified atom stereocenters. The van der Waals surface area contributed by atoms with Crippen molar-refractivity contribution in [2.24, 2.45) is 0 Å². The fraction of sp³-hybridized carbons (Fsp3) is 0.150. The molecule has 3 aromatic heterocycles. The number of carbonyl (C=O) groups excluding carboxylic acids is 2. The van der Waals surface area contributed by atoms with Gasteiger partial charge in [-0.1, -0.05) is 0 Å². The van der Waals surface area contributed by atoms with Crippen LogP contribution in [0.15, 0.2) is 53.5 Å². The van der Waals surface area contributed by atoms with E-state index in [0.29, 0.717) is 22.7 Å². The van der Waals surface area contributed by atoms with Crippen LogP contribution >= 0.6 is 0 Å². The van der Waals surface area contributed by atoms with Crippen molar-refractivity contribution in [3.8, 4) is 5.75 Å². The van der Waals surface area contributed by atoms with Crippen LogP contribution in [0, 0.1) is 5.82 Å². The van der Waals surface area contributed by atoms with Crippen molar-refractivity contribution in [3.05, 3.63) is 66.4 Å². The molecule has 0 spiro atoms. The topological polar surface area (TPSA) is 132 Å². The number of rotatable bonds is 7. The first-order valence-corrected chi connectivity index (χ1v) is 9.12. The first-order chi connectivity index (χ1) is 15.0. The normalized spacial score (nSPS) is 11.8. The second-order valence-corrected chi connectivity index (χ2v) is 6.37. The summed E-state index contributed by atoms with van der Waals surface area (Å²) in [7, 11) is 0. The zero-order valence-electron chi connectivity index (χ0n) is 16.2. The minimum atomic E-state index is -1.12. The smallest absolute Gasteiger partial charge is 0.375 e. The molecule has 0 aliphatic carbocycles. The van der Waals surface area contributed by atoms with Gasteiger partial charge in [0.2, 0.25) is 5.76 Å². The lowest BCUT2D eigenvalue weighted by Gasteiger charge is -2.12. The van der Waals surface area contributed by atoms with Gasteiger partial charge in [0.1, 0.15) is 35.8 Å².